The molecule has 0 atom stereocenters. The number of halogens is 6. The molecule has 1 aromatic rings. The van der Waals surface area contributed by atoms with E-state index in [9.17, 15) is 13.2 Å². The Morgan fingerprint density at radius 3 is 2.36 bits per heavy atom. The van der Waals surface area contributed by atoms with Crippen LogP contribution in [0.15, 0.2) is 10.5 Å². The third-order valence-electron chi connectivity index (χ3n) is 1.07. The van der Waals surface area contributed by atoms with Crippen molar-refractivity contribution in [2.75, 3.05) is 0 Å². The van der Waals surface area contributed by atoms with Gasteiger partial charge in [-0.05, 0) is 22.0 Å². The van der Waals surface area contributed by atoms with Gasteiger partial charge in [0.05, 0.1) is 4.47 Å². The van der Waals surface area contributed by atoms with E-state index in [0.29, 0.717) is 0 Å². The minimum absolute atomic E-state index is 0.0141. The van der Waals surface area contributed by atoms with Crippen LogP contribution in [0.1, 0.15) is 0 Å². The Morgan fingerprint density at radius 2 is 1.93 bits per heavy atom. The molecule has 1 heterocycles. The zero-order valence-corrected chi connectivity index (χ0v) is 9.30. The first-order valence-electron chi connectivity index (χ1n) is 3.07. The van der Waals surface area contributed by atoms with Gasteiger partial charge in [0, 0.05) is 0 Å². The third-order valence-corrected chi connectivity index (χ3v) is 2.11. The van der Waals surface area contributed by atoms with Crippen LogP contribution in [-0.4, -0.2) is 11.3 Å². The van der Waals surface area contributed by atoms with Crippen LogP contribution in [0.25, 0.3) is 0 Å². The first kappa shape index (κ1) is 11.9. The lowest BCUT2D eigenvalue weighted by atomic mass is 10.5. The number of hydrogen-bond acceptors (Lipinski definition) is 2. The van der Waals surface area contributed by atoms with Gasteiger partial charge in [-0.15, -0.1) is 13.2 Å². The Hall–Kier alpha value is -0.200. The van der Waals surface area contributed by atoms with E-state index in [2.05, 4.69) is 25.7 Å². The van der Waals surface area contributed by atoms with Crippen molar-refractivity contribution in [2.24, 2.45) is 0 Å². The van der Waals surface area contributed by atoms with Crippen LogP contribution < -0.4 is 4.74 Å². The van der Waals surface area contributed by atoms with Gasteiger partial charge in [0.25, 0.3) is 0 Å². The molecule has 0 bridgehead atoms. The van der Waals surface area contributed by atoms with Gasteiger partial charge < -0.3 is 4.74 Å². The van der Waals surface area contributed by atoms with Gasteiger partial charge in [-0.25, -0.2) is 4.98 Å². The molecule has 0 saturated carbocycles. The van der Waals surface area contributed by atoms with E-state index in [1.807, 2.05) is 0 Å². The van der Waals surface area contributed by atoms with Gasteiger partial charge in [-0.3, -0.25) is 0 Å². The predicted octanol–water partition coefficient (Wildman–Crippen LogP) is 4.05. The minimum Gasteiger partial charge on any atom is -0.401 e. The number of aromatic nitrogens is 1. The van der Waals surface area contributed by atoms with Crippen molar-refractivity contribution in [3.05, 3.63) is 20.8 Å². The Kier molecular flexibility index (Phi) is 3.49. The first-order valence-corrected chi connectivity index (χ1v) is 4.62. The second-order valence-corrected chi connectivity index (χ2v) is 3.69. The Labute approximate surface area is 95.1 Å². The highest BCUT2D eigenvalue weighted by atomic mass is 79.9. The van der Waals surface area contributed by atoms with E-state index in [1.165, 1.54) is 0 Å². The molecule has 0 radical (unpaired) electrons. The molecule has 0 aromatic carbocycles. The van der Waals surface area contributed by atoms with Crippen molar-refractivity contribution in [2.45, 2.75) is 6.36 Å². The monoisotopic (exact) mass is 309 g/mol. The molecular formula is C6HBrCl2F3NO. The second kappa shape index (κ2) is 4.12. The number of alkyl halides is 3. The zero-order chi connectivity index (χ0) is 10.9. The Morgan fingerprint density at radius 1 is 1.36 bits per heavy atom. The maximum Gasteiger partial charge on any atom is 0.573 e. The molecule has 0 saturated heterocycles. The van der Waals surface area contributed by atoms with Gasteiger partial charge in [0.15, 0.2) is 10.9 Å². The fraction of sp³-hybridized carbons (Fsp3) is 0.167. The van der Waals surface area contributed by atoms with Crippen molar-refractivity contribution in [3.8, 4) is 5.75 Å². The fourth-order valence-corrected chi connectivity index (χ4v) is 1.85. The standard InChI is InChI=1S/C6HBrCl2F3NO/c7-2-1-3(8)13-5(9)4(2)14-6(10,11)12/h1H. The van der Waals surface area contributed by atoms with Crippen molar-refractivity contribution >= 4 is 39.1 Å². The average Bonchev–Trinajstić information content (AvgIpc) is 1.95. The first-order chi connectivity index (χ1) is 6.29. The second-order valence-electron chi connectivity index (χ2n) is 2.09. The van der Waals surface area contributed by atoms with Crippen LogP contribution in [-0.2, 0) is 0 Å². The van der Waals surface area contributed by atoms with Gasteiger partial charge in [0.2, 0.25) is 0 Å². The topological polar surface area (TPSA) is 22.1 Å². The Balaban J connectivity index is 3.09. The van der Waals surface area contributed by atoms with Crippen molar-refractivity contribution in [3.63, 3.8) is 0 Å². The highest BCUT2D eigenvalue weighted by Crippen LogP contribution is 2.36. The van der Waals surface area contributed by atoms with Crippen LogP contribution >= 0.6 is 39.1 Å². The number of hydrogen-bond donors (Lipinski definition) is 0. The largest absolute Gasteiger partial charge is 0.573 e. The lowest BCUT2D eigenvalue weighted by Gasteiger charge is -2.11. The number of pyridine rings is 1. The van der Waals surface area contributed by atoms with Crippen LogP contribution in [0.2, 0.25) is 10.3 Å². The molecule has 0 unspecified atom stereocenters. The van der Waals surface area contributed by atoms with Gasteiger partial charge in [-0.2, -0.15) is 0 Å². The summed E-state index contributed by atoms with van der Waals surface area (Å²) in [5.41, 5.74) is 0. The molecular weight excluding hydrogens is 310 g/mol. The summed E-state index contributed by atoms with van der Waals surface area (Å²) in [6.07, 6.45) is -4.82. The van der Waals surface area contributed by atoms with Crippen molar-refractivity contribution in [1.82, 2.24) is 4.98 Å². The number of rotatable bonds is 1. The van der Waals surface area contributed by atoms with E-state index in [1.54, 1.807) is 0 Å². The molecule has 0 aliphatic heterocycles. The summed E-state index contributed by atoms with van der Waals surface area (Å²) in [7, 11) is 0. The molecule has 14 heavy (non-hydrogen) atoms. The molecule has 2 nitrogen and oxygen atoms in total. The molecule has 0 aliphatic rings. The molecule has 1 aromatic heterocycles. The summed E-state index contributed by atoms with van der Waals surface area (Å²) in [4.78, 5) is 3.39. The van der Waals surface area contributed by atoms with Crippen LogP contribution in [0.5, 0.6) is 5.75 Å². The van der Waals surface area contributed by atoms with Gasteiger partial charge >= 0.3 is 6.36 Å². The maximum absolute atomic E-state index is 11.8. The van der Waals surface area contributed by atoms with Crippen LogP contribution in [0, 0.1) is 0 Å². The lowest BCUT2D eigenvalue weighted by Crippen LogP contribution is -2.18. The molecule has 0 N–H and O–H groups in total. The maximum atomic E-state index is 11.8. The molecule has 0 amide bonds. The molecule has 1 rings (SSSR count). The summed E-state index contributed by atoms with van der Waals surface area (Å²) in [6.45, 7) is 0. The highest BCUT2D eigenvalue weighted by molar-refractivity contribution is 9.10. The van der Waals surface area contributed by atoms with E-state index >= 15 is 0 Å². The summed E-state index contributed by atoms with van der Waals surface area (Å²) in [5.74, 6) is -0.608. The van der Waals surface area contributed by atoms with E-state index in [-0.39, 0.29) is 9.63 Å². The molecule has 0 aliphatic carbocycles. The quantitative estimate of drug-likeness (QED) is 0.730. The summed E-state index contributed by atoms with van der Waals surface area (Å²) in [6, 6.07) is 1.15. The number of ether oxygens (including phenoxy) is 1. The van der Waals surface area contributed by atoms with E-state index in [0.717, 1.165) is 6.07 Å². The highest BCUT2D eigenvalue weighted by Gasteiger charge is 2.33. The zero-order valence-electron chi connectivity index (χ0n) is 6.20. The summed E-state index contributed by atoms with van der Waals surface area (Å²) in [5, 5.41) is -0.488. The van der Waals surface area contributed by atoms with Gasteiger partial charge in [0.1, 0.15) is 5.15 Å². The van der Waals surface area contributed by atoms with Crippen molar-refractivity contribution < 1.29 is 17.9 Å². The SMILES string of the molecule is FC(F)(F)Oc1c(Br)cc(Cl)nc1Cl. The summed E-state index contributed by atoms with van der Waals surface area (Å²) < 4.78 is 39.1. The fourth-order valence-electron chi connectivity index (χ4n) is 0.652. The summed E-state index contributed by atoms with van der Waals surface area (Å²) >= 11 is 13.6. The smallest absolute Gasteiger partial charge is 0.401 e. The Bertz CT molecular complexity index is 334. The van der Waals surface area contributed by atoms with E-state index in [4.69, 9.17) is 23.2 Å². The lowest BCUT2D eigenvalue weighted by molar-refractivity contribution is -0.275. The van der Waals surface area contributed by atoms with Crippen LogP contribution in [0.3, 0.4) is 0 Å². The normalized spacial score (nSPS) is 11.6. The molecule has 0 fully saturated rings. The minimum atomic E-state index is -4.82. The molecule has 8 heteroatoms. The van der Waals surface area contributed by atoms with Gasteiger partial charge in [-0.1, -0.05) is 23.2 Å². The number of nitrogens with zero attached hydrogens (tertiary/aromatic N) is 1. The predicted molar refractivity (Wildman–Crippen MR) is 48.6 cm³/mol. The molecule has 0 spiro atoms. The molecule has 78 valence electrons. The van der Waals surface area contributed by atoms with Crippen molar-refractivity contribution in [1.29, 1.82) is 0 Å². The average molecular weight is 311 g/mol. The third kappa shape index (κ3) is 3.18. The van der Waals surface area contributed by atoms with Crippen LogP contribution in [0.4, 0.5) is 13.2 Å². The van der Waals surface area contributed by atoms with E-state index < -0.39 is 17.3 Å².